The van der Waals surface area contributed by atoms with Gasteiger partial charge in [-0.3, -0.25) is 4.79 Å². The van der Waals surface area contributed by atoms with Crippen LogP contribution in [0.1, 0.15) is 25.9 Å². The number of carbonyl (C=O) groups excluding carboxylic acids is 1. The summed E-state index contributed by atoms with van der Waals surface area (Å²) in [5, 5.41) is 1.90. The number of rotatable bonds is 3. The Morgan fingerprint density at radius 2 is 2.00 bits per heavy atom. The van der Waals surface area contributed by atoms with Crippen LogP contribution in [-0.4, -0.2) is 22.8 Å². The van der Waals surface area contributed by atoms with E-state index in [9.17, 15) is 4.79 Å². The highest BCUT2D eigenvalue weighted by molar-refractivity contribution is 7.13. The minimum absolute atomic E-state index is 0.0285. The summed E-state index contributed by atoms with van der Waals surface area (Å²) in [6.07, 6.45) is 0. The van der Waals surface area contributed by atoms with E-state index in [2.05, 4.69) is 4.98 Å². The molecule has 1 amide bonds. The van der Waals surface area contributed by atoms with E-state index < -0.39 is 0 Å². The van der Waals surface area contributed by atoms with Crippen molar-refractivity contribution >= 4 is 40.4 Å². The maximum absolute atomic E-state index is 12.4. The van der Waals surface area contributed by atoms with E-state index in [1.54, 1.807) is 24.1 Å². The predicted molar refractivity (Wildman–Crippen MR) is 83.8 cm³/mol. The summed E-state index contributed by atoms with van der Waals surface area (Å²) in [7, 11) is 1.76. The topological polar surface area (TPSA) is 33.2 Å². The molecule has 0 spiro atoms. The summed E-state index contributed by atoms with van der Waals surface area (Å²) in [5.74, 6) is -0.0285. The van der Waals surface area contributed by atoms with Gasteiger partial charge in [-0.1, -0.05) is 29.3 Å². The fourth-order valence-corrected chi connectivity index (χ4v) is 3.12. The van der Waals surface area contributed by atoms with Crippen LogP contribution in [0.3, 0.4) is 0 Å². The number of thiazole rings is 1. The molecule has 1 aromatic heterocycles. The maximum Gasteiger partial charge on any atom is 0.265 e. The molecule has 0 fully saturated rings. The summed E-state index contributed by atoms with van der Waals surface area (Å²) >= 11 is 13.3. The van der Waals surface area contributed by atoms with E-state index in [4.69, 9.17) is 23.2 Å². The quantitative estimate of drug-likeness (QED) is 0.839. The molecular formula is C14H14Cl2N2OS. The fraction of sp³-hybridized carbons (Fsp3) is 0.286. The van der Waals surface area contributed by atoms with Gasteiger partial charge in [-0.05, 0) is 31.5 Å². The molecule has 0 aliphatic carbocycles. The highest BCUT2D eigenvalue weighted by Gasteiger charge is 2.18. The molecule has 20 heavy (non-hydrogen) atoms. The second-order valence-electron chi connectivity index (χ2n) is 4.56. The maximum atomic E-state index is 12.4. The van der Waals surface area contributed by atoms with Crippen LogP contribution in [0.25, 0.3) is 0 Å². The van der Waals surface area contributed by atoms with Gasteiger partial charge in [0, 0.05) is 13.6 Å². The Bertz CT molecular complexity index is 655. The molecule has 2 aromatic rings. The van der Waals surface area contributed by atoms with Crippen LogP contribution in [0.2, 0.25) is 10.0 Å². The average Bonchev–Trinajstić information content (AvgIpc) is 2.72. The molecule has 0 N–H and O–H groups in total. The average molecular weight is 329 g/mol. The molecule has 2 rings (SSSR count). The third kappa shape index (κ3) is 3.32. The molecule has 0 unspecified atom stereocenters. The molecule has 6 heteroatoms. The Morgan fingerprint density at radius 3 is 2.55 bits per heavy atom. The standard InChI is InChI=1S/C14H14Cl2N2OS/c1-8-13(20-9(2)17-8)14(19)18(3)7-10-4-5-11(15)12(16)6-10/h4-6H,7H2,1-3H3. The van der Waals surface area contributed by atoms with Crippen molar-refractivity contribution in [3.8, 4) is 0 Å². The van der Waals surface area contributed by atoms with Crippen LogP contribution in [-0.2, 0) is 6.54 Å². The van der Waals surface area contributed by atoms with E-state index >= 15 is 0 Å². The lowest BCUT2D eigenvalue weighted by molar-refractivity contribution is 0.0789. The molecule has 0 radical (unpaired) electrons. The Labute approximate surface area is 132 Å². The van der Waals surface area contributed by atoms with Crippen molar-refractivity contribution in [3.05, 3.63) is 49.4 Å². The molecule has 0 aliphatic heterocycles. The van der Waals surface area contributed by atoms with Crippen molar-refractivity contribution < 1.29 is 4.79 Å². The number of aromatic nitrogens is 1. The van der Waals surface area contributed by atoms with Crippen molar-refractivity contribution in [2.75, 3.05) is 7.05 Å². The first-order valence-corrected chi connectivity index (χ1v) is 7.59. The lowest BCUT2D eigenvalue weighted by Crippen LogP contribution is -2.26. The first-order valence-electron chi connectivity index (χ1n) is 6.02. The SMILES string of the molecule is Cc1nc(C)c(C(=O)N(C)Cc2ccc(Cl)c(Cl)c2)s1. The summed E-state index contributed by atoms with van der Waals surface area (Å²) < 4.78 is 0. The van der Waals surface area contributed by atoms with E-state index in [0.29, 0.717) is 21.5 Å². The fourth-order valence-electron chi connectivity index (χ4n) is 1.89. The van der Waals surface area contributed by atoms with Gasteiger partial charge in [-0.2, -0.15) is 0 Å². The highest BCUT2D eigenvalue weighted by atomic mass is 35.5. The van der Waals surface area contributed by atoms with E-state index in [1.807, 2.05) is 19.9 Å². The van der Waals surface area contributed by atoms with Gasteiger partial charge in [-0.25, -0.2) is 4.98 Å². The number of halogens is 2. The molecule has 0 bridgehead atoms. The van der Waals surface area contributed by atoms with Gasteiger partial charge in [-0.15, -0.1) is 11.3 Å². The van der Waals surface area contributed by atoms with Crippen molar-refractivity contribution in [3.63, 3.8) is 0 Å². The minimum Gasteiger partial charge on any atom is -0.337 e. The van der Waals surface area contributed by atoms with Crippen LogP contribution in [0.4, 0.5) is 0 Å². The normalized spacial score (nSPS) is 10.7. The number of carbonyl (C=O) groups is 1. The highest BCUT2D eigenvalue weighted by Crippen LogP contribution is 2.24. The largest absolute Gasteiger partial charge is 0.337 e. The zero-order chi connectivity index (χ0) is 14.9. The van der Waals surface area contributed by atoms with Gasteiger partial charge in [0.15, 0.2) is 0 Å². The summed E-state index contributed by atoms with van der Waals surface area (Å²) in [4.78, 5) is 19.0. The van der Waals surface area contributed by atoms with Crippen molar-refractivity contribution in [1.29, 1.82) is 0 Å². The van der Waals surface area contributed by atoms with E-state index in [1.165, 1.54) is 11.3 Å². The van der Waals surface area contributed by atoms with Gasteiger partial charge in [0.25, 0.3) is 5.91 Å². The molecule has 3 nitrogen and oxygen atoms in total. The lowest BCUT2D eigenvalue weighted by Gasteiger charge is -2.17. The first kappa shape index (κ1) is 15.3. The second kappa shape index (κ2) is 6.12. The Hall–Kier alpha value is -1.10. The molecule has 0 saturated carbocycles. The molecule has 106 valence electrons. The van der Waals surface area contributed by atoms with Crippen molar-refractivity contribution in [2.45, 2.75) is 20.4 Å². The predicted octanol–water partition coefficient (Wildman–Crippen LogP) is 4.34. The van der Waals surface area contributed by atoms with Gasteiger partial charge < -0.3 is 4.90 Å². The number of nitrogens with zero attached hydrogens (tertiary/aromatic N) is 2. The van der Waals surface area contributed by atoms with Crippen LogP contribution >= 0.6 is 34.5 Å². The smallest absolute Gasteiger partial charge is 0.265 e. The van der Waals surface area contributed by atoms with Gasteiger partial charge in [0.1, 0.15) is 4.88 Å². The third-order valence-corrected chi connectivity index (χ3v) is 4.65. The van der Waals surface area contributed by atoms with Crippen molar-refractivity contribution in [2.24, 2.45) is 0 Å². The Balaban J connectivity index is 2.15. The molecule has 0 saturated heterocycles. The third-order valence-electron chi connectivity index (χ3n) is 2.85. The van der Waals surface area contributed by atoms with E-state index in [-0.39, 0.29) is 5.91 Å². The van der Waals surface area contributed by atoms with Crippen molar-refractivity contribution in [1.82, 2.24) is 9.88 Å². The Kier molecular flexibility index (Phi) is 4.68. The summed E-state index contributed by atoms with van der Waals surface area (Å²) in [5.41, 5.74) is 1.72. The van der Waals surface area contributed by atoms with Crippen LogP contribution in [0.15, 0.2) is 18.2 Å². The van der Waals surface area contributed by atoms with E-state index in [0.717, 1.165) is 16.3 Å². The number of amides is 1. The molecule has 0 aliphatic rings. The monoisotopic (exact) mass is 328 g/mol. The number of benzene rings is 1. The van der Waals surface area contributed by atoms with Crippen LogP contribution in [0, 0.1) is 13.8 Å². The van der Waals surface area contributed by atoms with Gasteiger partial charge in [0.05, 0.1) is 20.7 Å². The minimum atomic E-state index is -0.0285. The van der Waals surface area contributed by atoms with Gasteiger partial charge >= 0.3 is 0 Å². The first-order chi connectivity index (χ1) is 9.38. The van der Waals surface area contributed by atoms with Gasteiger partial charge in [0.2, 0.25) is 0 Å². The summed E-state index contributed by atoms with van der Waals surface area (Å²) in [6.45, 7) is 4.23. The van der Waals surface area contributed by atoms with Crippen LogP contribution < -0.4 is 0 Å². The lowest BCUT2D eigenvalue weighted by atomic mass is 10.2. The zero-order valence-electron chi connectivity index (χ0n) is 11.4. The Morgan fingerprint density at radius 1 is 1.30 bits per heavy atom. The number of aryl methyl sites for hydroxylation is 2. The molecule has 1 heterocycles. The summed E-state index contributed by atoms with van der Waals surface area (Å²) in [6, 6.07) is 5.38. The number of hydrogen-bond donors (Lipinski definition) is 0. The molecule has 1 aromatic carbocycles. The zero-order valence-corrected chi connectivity index (χ0v) is 13.7. The number of hydrogen-bond acceptors (Lipinski definition) is 3. The second-order valence-corrected chi connectivity index (χ2v) is 6.57. The molecule has 0 atom stereocenters. The molecular weight excluding hydrogens is 315 g/mol. The van der Waals surface area contributed by atoms with Crippen LogP contribution in [0.5, 0.6) is 0 Å².